The Kier molecular flexibility index (Phi) is 3.66. The number of aromatic nitrogens is 3. The van der Waals surface area contributed by atoms with E-state index in [4.69, 9.17) is 5.10 Å². The predicted molar refractivity (Wildman–Crippen MR) is 98.1 cm³/mol. The van der Waals surface area contributed by atoms with E-state index in [1.54, 1.807) is 0 Å². The van der Waals surface area contributed by atoms with E-state index in [1.165, 1.54) is 47.2 Å². The third-order valence-corrected chi connectivity index (χ3v) is 5.94. The van der Waals surface area contributed by atoms with Crippen molar-refractivity contribution in [3.63, 3.8) is 0 Å². The molecule has 0 radical (unpaired) electrons. The Morgan fingerprint density at radius 3 is 2.27 bits per heavy atom. The van der Waals surface area contributed by atoms with Crippen molar-refractivity contribution in [2.75, 3.05) is 0 Å². The molecule has 26 heavy (non-hydrogen) atoms. The molecule has 0 atom stereocenters. The first-order valence-corrected chi connectivity index (χ1v) is 9.76. The number of nitrogens with zero attached hydrogens (tertiary/aromatic N) is 3. The van der Waals surface area contributed by atoms with Crippen molar-refractivity contribution in [2.24, 2.45) is 0 Å². The number of hydrogen-bond acceptors (Lipinski definition) is 3. The first kappa shape index (κ1) is 15.7. The average Bonchev–Trinajstić information content (AvgIpc) is 2.68. The third kappa shape index (κ3) is 2.39. The Morgan fingerprint density at radius 1 is 0.846 bits per heavy atom. The van der Waals surface area contributed by atoms with Crippen LogP contribution in [0.2, 0.25) is 0 Å². The van der Waals surface area contributed by atoms with Gasteiger partial charge < -0.3 is 5.11 Å². The van der Waals surface area contributed by atoms with Gasteiger partial charge in [0.2, 0.25) is 11.5 Å². The van der Waals surface area contributed by atoms with Crippen LogP contribution >= 0.6 is 0 Å². The van der Waals surface area contributed by atoms with Crippen molar-refractivity contribution in [1.29, 1.82) is 0 Å². The number of aryl methyl sites for hydroxylation is 3. The number of fused-ring (bicyclic) bond motifs is 6. The van der Waals surface area contributed by atoms with Gasteiger partial charge in [-0.15, -0.1) is 0 Å². The molecule has 2 aliphatic carbocycles. The maximum atomic E-state index is 13.0. The van der Waals surface area contributed by atoms with E-state index in [0.717, 1.165) is 43.2 Å². The Balaban J connectivity index is 1.82. The highest BCUT2D eigenvalue weighted by molar-refractivity contribution is 5.64. The molecule has 4 heteroatoms. The lowest BCUT2D eigenvalue weighted by molar-refractivity contribution is -0.593. The Hall–Kier alpha value is -2.49. The lowest BCUT2D eigenvalue weighted by Crippen LogP contribution is -2.39. The van der Waals surface area contributed by atoms with Gasteiger partial charge in [0.15, 0.2) is 0 Å². The zero-order valence-corrected chi connectivity index (χ0v) is 15.2. The summed E-state index contributed by atoms with van der Waals surface area (Å²) >= 11 is 0. The second-order valence-electron chi connectivity index (χ2n) is 7.66. The average molecular weight is 345 g/mol. The summed E-state index contributed by atoms with van der Waals surface area (Å²) in [5.41, 5.74) is 8.21. The molecule has 2 aromatic heterocycles. The van der Waals surface area contributed by atoms with Crippen LogP contribution in [0.3, 0.4) is 0 Å². The molecule has 0 saturated heterocycles. The van der Waals surface area contributed by atoms with E-state index >= 15 is 0 Å². The van der Waals surface area contributed by atoms with Gasteiger partial charge in [0.1, 0.15) is 0 Å². The summed E-state index contributed by atoms with van der Waals surface area (Å²) in [6, 6.07) is 8.09. The SMILES string of the molecule is Cc1ccc(-c2nc([O-])c3c4c(c5c([n+]3n2)CCCC5)CCCC4)cc1. The molecule has 0 fully saturated rings. The van der Waals surface area contributed by atoms with Gasteiger partial charge in [-0.1, -0.05) is 29.8 Å². The van der Waals surface area contributed by atoms with E-state index in [1.807, 2.05) is 28.8 Å². The summed E-state index contributed by atoms with van der Waals surface area (Å²) in [5.74, 6) is 0.415. The molecule has 1 aromatic carbocycles. The van der Waals surface area contributed by atoms with Gasteiger partial charge >= 0.3 is 0 Å². The van der Waals surface area contributed by atoms with Crippen LogP contribution in [0.15, 0.2) is 24.3 Å². The van der Waals surface area contributed by atoms with Gasteiger partial charge in [0, 0.05) is 28.2 Å². The molecule has 132 valence electrons. The number of pyridine rings is 1. The lowest BCUT2D eigenvalue weighted by atomic mass is 9.83. The summed E-state index contributed by atoms with van der Waals surface area (Å²) in [7, 11) is 0. The maximum Gasteiger partial charge on any atom is 0.252 e. The maximum absolute atomic E-state index is 13.0. The van der Waals surface area contributed by atoms with Crippen molar-refractivity contribution in [3.8, 4) is 17.3 Å². The molecule has 0 saturated carbocycles. The van der Waals surface area contributed by atoms with Crippen LogP contribution in [0.25, 0.3) is 16.9 Å². The zero-order valence-electron chi connectivity index (χ0n) is 15.2. The number of rotatable bonds is 1. The fourth-order valence-electron chi connectivity index (χ4n) is 4.63. The first-order chi connectivity index (χ1) is 12.7. The van der Waals surface area contributed by atoms with E-state index in [0.29, 0.717) is 5.82 Å². The second kappa shape index (κ2) is 6.04. The van der Waals surface area contributed by atoms with Gasteiger partial charge in [0.25, 0.3) is 5.52 Å². The Morgan fingerprint density at radius 2 is 1.50 bits per heavy atom. The van der Waals surface area contributed by atoms with Gasteiger partial charge in [-0.3, -0.25) is 0 Å². The molecule has 3 aromatic rings. The smallest absolute Gasteiger partial charge is 0.252 e. The van der Waals surface area contributed by atoms with Gasteiger partial charge in [0.05, 0.1) is 5.88 Å². The molecular formula is C22H23N3O. The van der Waals surface area contributed by atoms with Crippen LogP contribution in [-0.2, 0) is 25.7 Å². The van der Waals surface area contributed by atoms with Crippen LogP contribution in [-0.4, -0.2) is 10.1 Å². The number of benzene rings is 1. The minimum atomic E-state index is -0.123. The third-order valence-electron chi connectivity index (χ3n) is 5.94. The van der Waals surface area contributed by atoms with Crippen molar-refractivity contribution >= 4 is 5.52 Å². The van der Waals surface area contributed by atoms with Crippen molar-refractivity contribution in [3.05, 3.63) is 52.2 Å². The highest BCUT2D eigenvalue weighted by Gasteiger charge is 2.31. The molecule has 2 heterocycles. The van der Waals surface area contributed by atoms with Gasteiger partial charge in [-0.05, 0) is 61.9 Å². The molecule has 0 amide bonds. The van der Waals surface area contributed by atoms with E-state index < -0.39 is 0 Å². The Labute approximate surface area is 153 Å². The van der Waals surface area contributed by atoms with Crippen molar-refractivity contribution in [1.82, 2.24) is 10.1 Å². The van der Waals surface area contributed by atoms with E-state index in [-0.39, 0.29) is 5.88 Å². The zero-order chi connectivity index (χ0) is 17.7. The molecule has 2 aliphatic rings. The largest absolute Gasteiger partial charge is 0.854 e. The topological polar surface area (TPSA) is 52.9 Å². The van der Waals surface area contributed by atoms with Gasteiger partial charge in [-0.25, -0.2) is 4.98 Å². The minimum Gasteiger partial charge on any atom is -0.854 e. The van der Waals surface area contributed by atoms with Crippen LogP contribution < -0.4 is 9.62 Å². The lowest BCUT2D eigenvalue weighted by Gasteiger charge is -2.24. The molecule has 0 spiro atoms. The first-order valence-electron chi connectivity index (χ1n) is 9.76. The summed E-state index contributed by atoms with van der Waals surface area (Å²) in [6.07, 6.45) is 9.01. The molecule has 4 nitrogen and oxygen atoms in total. The molecule has 0 bridgehead atoms. The molecule has 0 N–H and O–H groups in total. The monoisotopic (exact) mass is 345 g/mol. The predicted octanol–water partition coefficient (Wildman–Crippen LogP) is 3.02. The molecular weight excluding hydrogens is 322 g/mol. The van der Waals surface area contributed by atoms with Crippen molar-refractivity contribution in [2.45, 2.75) is 58.3 Å². The summed E-state index contributed by atoms with van der Waals surface area (Å²) in [4.78, 5) is 4.37. The quantitative estimate of drug-likeness (QED) is 0.637. The van der Waals surface area contributed by atoms with Gasteiger partial charge in [-0.2, -0.15) is 0 Å². The van der Waals surface area contributed by atoms with Crippen LogP contribution in [0.1, 0.15) is 53.6 Å². The number of hydrogen-bond donors (Lipinski definition) is 0. The summed E-state index contributed by atoms with van der Waals surface area (Å²) in [5, 5.41) is 17.9. The highest BCUT2D eigenvalue weighted by atomic mass is 16.3. The van der Waals surface area contributed by atoms with E-state index in [9.17, 15) is 5.11 Å². The van der Waals surface area contributed by atoms with Crippen LogP contribution in [0.4, 0.5) is 0 Å². The molecule has 5 rings (SSSR count). The fraction of sp³-hybridized carbons (Fsp3) is 0.409. The van der Waals surface area contributed by atoms with Crippen LogP contribution in [0, 0.1) is 6.92 Å². The fourth-order valence-corrected chi connectivity index (χ4v) is 4.63. The highest BCUT2D eigenvalue weighted by Crippen LogP contribution is 2.33. The standard InChI is InChI=1S/C22H23N3O/c1-14-10-12-15(13-11-14)21-23-22(26)20-18-8-3-2-6-16(18)17-7-4-5-9-19(17)25(20)24-21/h10-13H,2-9H2,1H3. The normalized spacial score (nSPS) is 16.3. The molecule has 0 unspecified atom stereocenters. The van der Waals surface area contributed by atoms with Crippen LogP contribution in [0.5, 0.6) is 5.88 Å². The Bertz CT molecular complexity index is 1010. The van der Waals surface area contributed by atoms with E-state index in [2.05, 4.69) is 11.9 Å². The molecule has 0 aliphatic heterocycles. The van der Waals surface area contributed by atoms with Crippen molar-refractivity contribution < 1.29 is 9.62 Å². The minimum absolute atomic E-state index is 0.123. The summed E-state index contributed by atoms with van der Waals surface area (Å²) < 4.78 is 1.96. The summed E-state index contributed by atoms with van der Waals surface area (Å²) in [6.45, 7) is 2.06. The second-order valence-corrected chi connectivity index (χ2v) is 7.66.